The van der Waals surface area contributed by atoms with Crippen LogP contribution in [0.5, 0.6) is 0 Å². The number of hydrogen-bond donors (Lipinski definition) is 0. The maximum Gasteiger partial charge on any atom is 0.0210 e. The van der Waals surface area contributed by atoms with Crippen LogP contribution in [-0.4, -0.2) is 18.0 Å². The first kappa shape index (κ1) is 11.5. The van der Waals surface area contributed by atoms with E-state index in [2.05, 4.69) is 24.9 Å². The summed E-state index contributed by atoms with van der Waals surface area (Å²) in [5, 5.41) is 0. The largest absolute Gasteiger partial charge is 0.377 e. The Balaban J connectivity index is 0.00000121. The Morgan fingerprint density at radius 3 is 2.67 bits per heavy atom. The fraction of sp³-hybridized carbons (Fsp3) is 0.800. The molecule has 0 bridgehead atoms. The molecule has 1 aliphatic heterocycles. The van der Waals surface area contributed by atoms with Crippen LogP contribution < -0.4 is 0 Å². The second-order valence-corrected chi connectivity index (χ2v) is 3.32. The average molecular weight is 173 g/mol. The highest BCUT2D eigenvalue weighted by Crippen LogP contribution is 2.18. The van der Waals surface area contributed by atoms with E-state index in [1.165, 1.54) is 38.8 Å². The summed E-state index contributed by atoms with van der Waals surface area (Å²) in [6.07, 6.45) is 7.56. The van der Waals surface area contributed by atoms with Gasteiger partial charge >= 0.3 is 0 Å². The van der Waals surface area contributed by atoms with Crippen LogP contribution in [0.15, 0.2) is 11.8 Å². The molecule has 0 aliphatic carbocycles. The molecule has 1 heterocycles. The van der Waals surface area contributed by atoms with Crippen molar-refractivity contribution in [3.05, 3.63) is 11.8 Å². The predicted octanol–water partition coefficient (Wildman–Crippen LogP) is 2.94. The van der Waals surface area contributed by atoms with Gasteiger partial charge < -0.3 is 4.90 Å². The van der Waals surface area contributed by atoms with Crippen molar-refractivity contribution >= 4 is 0 Å². The van der Waals surface area contributed by atoms with Gasteiger partial charge in [-0.15, -0.1) is 0 Å². The molecule has 0 fully saturated rings. The summed E-state index contributed by atoms with van der Waals surface area (Å²) >= 11 is 0. The highest BCUT2D eigenvalue weighted by Gasteiger charge is 2.09. The SMILES string of the molecule is CCCC1=CN(CCC)CC1.F. The van der Waals surface area contributed by atoms with E-state index in [-0.39, 0.29) is 4.70 Å². The first-order chi connectivity index (χ1) is 5.36. The van der Waals surface area contributed by atoms with Crippen LogP contribution >= 0.6 is 0 Å². The van der Waals surface area contributed by atoms with Gasteiger partial charge in [0.15, 0.2) is 0 Å². The minimum Gasteiger partial charge on any atom is -0.377 e. The van der Waals surface area contributed by atoms with Crippen molar-refractivity contribution in [2.24, 2.45) is 0 Å². The molecule has 0 aromatic heterocycles. The van der Waals surface area contributed by atoms with Crippen LogP contribution in [0.2, 0.25) is 0 Å². The molecule has 0 aromatic carbocycles. The molecule has 0 amide bonds. The lowest BCUT2D eigenvalue weighted by Gasteiger charge is -2.12. The zero-order valence-electron chi connectivity index (χ0n) is 8.18. The third kappa shape index (κ3) is 3.24. The van der Waals surface area contributed by atoms with E-state index in [4.69, 9.17) is 0 Å². The van der Waals surface area contributed by atoms with E-state index in [1.807, 2.05) is 0 Å². The Kier molecular flexibility index (Phi) is 5.77. The predicted molar refractivity (Wildman–Crippen MR) is 52.0 cm³/mol. The number of rotatable bonds is 4. The molecular formula is C10H20FN. The Morgan fingerprint density at radius 1 is 1.33 bits per heavy atom. The van der Waals surface area contributed by atoms with Gasteiger partial charge in [-0.25, -0.2) is 0 Å². The van der Waals surface area contributed by atoms with E-state index in [0.717, 1.165) is 0 Å². The summed E-state index contributed by atoms with van der Waals surface area (Å²) in [6.45, 7) is 7.01. The van der Waals surface area contributed by atoms with Gasteiger partial charge in [-0.3, -0.25) is 4.70 Å². The standard InChI is InChI=1S/C10H19N.FH/c1-3-5-10-6-8-11(9-10)7-4-2;/h9H,3-8H2,1-2H3;1H. The second-order valence-electron chi connectivity index (χ2n) is 3.32. The zero-order chi connectivity index (χ0) is 8.10. The van der Waals surface area contributed by atoms with Gasteiger partial charge in [-0.1, -0.05) is 25.8 Å². The monoisotopic (exact) mass is 173 g/mol. The molecule has 1 aliphatic rings. The second kappa shape index (κ2) is 6.04. The molecular weight excluding hydrogens is 153 g/mol. The van der Waals surface area contributed by atoms with Crippen molar-refractivity contribution < 1.29 is 4.70 Å². The average Bonchev–Trinajstić information content (AvgIpc) is 2.38. The Morgan fingerprint density at radius 2 is 2.08 bits per heavy atom. The van der Waals surface area contributed by atoms with E-state index in [0.29, 0.717) is 0 Å². The van der Waals surface area contributed by atoms with Gasteiger partial charge in [0.2, 0.25) is 0 Å². The van der Waals surface area contributed by atoms with E-state index in [1.54, 1.807) is 5.57 Å². The third-order valence-corrected chi connectivity index (χ3v) is 2.17. The molecule has 0 spiro atoms. The summed E-state index contributed by atoms with van der Waals surface area (Å²) in [5.74, 6) is 0. The summed E-state index contributed by atoms with van der Waals surface area (Å²) < 4.78 is 0. The molecule has 72 valence electrons. The lowest BCUT2D eigenvalue weighted by atomic mass is 10.1. The van der Waals surface area contributed by atoms with Gasteiger partial charge in [0.1, 0.15) is 0 Å². The van der Waals surface area contributed by atoms with Gasteiger partial charge in [0.05, 0.1) is 0 Å². The van der Waals surface area contributed by atoms with Crippen LogP contribution in [0.25, 0.3) is 0 Å². The summed E-state index contributed by atoms with van der Waals surface area (Å²) in [7, 11) is 0. The third-order valence-electron chi connectivity index (χ3n) is 2.17. The Bertz CT molecular complexity index is 143. The van der Waals surface area contributed by atoms with E-state index < -0.39 is 0 Å². The maximum atomic E-state index is 2.45. The van der Waals surface area contributed by atoms with Crippen molar-refractivity contribution in [3.8, 4) is 0 Å². The molecule has 0 saturated carbocycles. The smallest absolute Gasteiger partial charge is 0.0210 e. The van der Waals surface area contributed by atoms with E-state index in [9.17, 15) is 0 Å². The van der Waals surface area contributed by atoms with Crippen molar-refractivity contribution in [1.82, 2.24) is 4.90 Å². The van der Waals surface area contributed by atoms with Gasteiger partial charge in [-0.2, -0.15) is 0 Å². The normalized spacial score (nSPS) is 15.8. The lowest BCUT2D eigenvalue weighted by Crippen LogP contribution is -2.14. The number of halogens is 1. The highest BCUT2D eigenvalue weighted by atomic mass is 19.0. The molecule has 1 nitrogen and oxygen atoms in total. The van der Waals surface area contributed by atoms with Crippen molar-refractivity contribution in [1.29, 1.82) is 0 Å². The maximum absolute atomic E-state index is 2.45. The molecule has 12 heavy (non-hydrogen) atoms. The van der Waals surface area contributed by atoms with Crippen molar-refractivity contribution in [2.75, 3.05) is 13.1 Å². The molecule has 1 rings (SSSR count). The van der Waals surface area contributed by atoms with Crippen LogP contribution in [0, 0.1) is 0 Å². The van der Waals surface area contributed by atoms with Crippen LogP contribution in [0.1, 0.15) is 39.5 Å². The molecule has 2 heteroatoms. The molecule has 0 saturated heterocycles. The van der Waals surface area contributed by atoms with Gasteiger partial charge in [0, 0.05) is 13.1 Å². The van der Waals surface area contributed by atoms with Crippen LogP contribution in [0.3, 0.4) is 0 Å². The molecule has 0 radical (unpaired) electrons. The van der Waals surface area contributed by atoms with Crippen LogP contribution in [-0.2, 0) is 0 Å². The first-order valence-electron chi connectivity index (χ1n) is 4.80. The van der Waals surface area contributed by atoms with Gasteiger partial charge in [0.25, 0.3) is 0 Å². The minimum atomic E-state index is 0. The van der Waals surface area contributed by atoms with Crippen molar-refractivity contribution in [3.63, 3.8) is 0 Å². The Labute approximate surface area is 74.8 Å². The Hall–Kier alpha value is -0.530. The fourth-order valence-corrected chi connectivity index (χ4v) is 1.65. The van der Waals surface area contributed by atoms with Gasteiger partial charge in [-0.05, 0) is 25.5 Å². The van der Waals surface area contributed by atoms with Crippen LogP contribution in [0.4, 0.5) is 4.70 Å². The topological polar surface area (TPSA) is 3.24 Å². The summed E-state index contributed by atoms with van der Waals surface area (Å²) in [4.78, 5) is 2.45. The zero-order valence-corrected chi connectivity index (χ0v) is 8.18. The molecule has 0 atom stereocenters. The molecule has 0 N–H and O–H groups in total. The summed E-state index contributed by atoms with van der Waals surface area (Å²) in [5.41, 5.74) is 1.65. The number of hydrogen-bond acceptors (Lipinski definition) is 1. The fourth-order valence-electron chi connectivity index (χ4n) is 1.65. The quantitative estimate of drug-likeness (QED) is 0.631. The van der Waals surface area contributed by atoms with E-state index >= 15 is 0 Å². The number of nitrogens with zero attached hydrogens (tertiary/aromatic N) is 1. The summed E-state index contributed by atoms with van der Waals surface area (Å²) in [6, 6.07) is 0. The lowest BCUT2D eigenvalue weighted by molar-refractivity contribution is 0.406. The molecule has 0 unspecified atom stereocenters. The minimum absolute atomic E-state index is 0. The molecule has 0 aromatic rings. The first-order valence-corrected chi connectivity index (χ1v) is 4.80. The highest BCUT2D eigenvalue weighted by molar-refractivity contribution is 5.07. The van der Waals surface area contributed by atoms with Crippen molar-refractivity contribution in [2.45, 2.75) is 39.5 Å².